The van der Waals surface area contributed by atoms with Crippen molar-refractivity contribution >= 4 is 36.4 Å². The minimum absolute atomic E-state index is 0. The van der Waals surface area contributed by atoms with Crippen molar-refractivity contribution in [2.45, 2.75) is 51.6 Å². The van der Waals surface area contributed by atoms with Gasteiger partial charge in [0.15, 0.2) is 0 Å². The van der Waals surface area contributed by atoms with E-state index in [2.05, 4.69) is 10.3 Å². The zero-order valence-corrected chi connectivity index (χ0v) is 15.8. The van der Waals surface area contributed by atoms with Crippen LogP contribution in [0.1, 0.15) is 43.9 Å². The van der Waals surface area contributed by atoms with Crippen LogP contribution in [-0.4, -0.2) is 20.8 Å². The second-order valence-corrected chi connectivity index (χ2v) is 6.68. The van der Waals surface area contributed by atoms with Crippen LogP contribution in [0.25, 0.3) is 5.65 Å². The number of imidazole rings is 1. The molecule has 1 saturated carbocycles. The first kappa shape index (κ1) is 20.7. The zero-order valence-electron chi connectivity index (χ0n) is 14.1. The van der Waals surface area contributed by atoms with Crippen LogP contribution in [0.15, 0.2) is 24.5 Å². The fourth-order valence-corrected chi connectivity index (χ4v) is 3.38. The summed E-state index contributed by atoms with van der Waals surface area (Å²) in [7, 11) is 0. The summed E-state index contributed by atoms with van der Waals surface area (Å²) >= 11 is 0. The van der Waals surface area contributed by atoms with Crippen LogP contribution in [0, 0.1) is 12.8 Å². The van der Waals surface area contributed by atoms with E-state index in [4.69, 9.17) is 5.73 Å². The lowest BCUT2D eigenvalue weighted by atomic mass is 9.74. The van der Waals surface area contributed by atoms with Crippen molar-refractivity contribution in [2.24, 2.45) is 11.7 Å². The Kier molecular flexibility index (Phi) is 7.08. The number of aryl methyl sites for hydroxylation is 1. The molecule has 2 atom stereocenters. The van der Waals surface area contributed by atoms with Crippen LogP contribution in [0.3, 0.4) is 0 Å². The normalized spacial score (nSPS) is 23.2. The summed E-state index contributed by atoms with van der Waals surface area (Å²) in [5.74, 6) is -0.0431. The van der Waals surface area contributed by atoms with Crippen molar-refractivity contribution in [2.75, 3.05) is 0 Å². The third kappa shape index (κ3) is 4.21. The molecule has 0 saturated heterocycles. The molecule has 2 aromatic heterocycles. The highest BCUT2D eigenvalue weighted by Gasteiger charge is 2.37. The van der Waals surface area contributed by atoms with Crippen molar-refractivity contribution in [1.82, 2.24) is 14.7 Å². The van der Waals surface area contributed by atoms with Gasteiger partial charge in [-0.05, 0) is 38.3 Å². The van der Waals surface area contributed by atoms with Gasteiger partial charge < -0.3 is 15.5 Å². The second kappa shape index (κ2) is 8.19. The Bertz CT molecular complexity index is 699. The largest absolute Gasteiger partial charge is 0.350 e. The molecule has 2 heterocycles. The molecule has 3 rings (SSSR count). The molecular weight excluding hydrogens is 347 g/mol. The van der Waals surface area contributed by atoms with Crippen LogP contribution < -0.4 is 11.1 Å². The van der Waals surface area contributed by atoms with E-state index >= 15 is 0 Å². The molecule has 24 heavy (non-hydrogen) atoms. The molecule has 1 aliphatic rings. The predicted molar refractivity (Wildman–Crippen MR) is 101 cm³/mol. The molecule has 2 unspecified atom stereocenters. The van der Waals surface area contributed by atoms with Gasteiger partial charge in [0.1, 0.15) is 5.65 Å². The molecule has 3 N–H and O–H groups in total. The van der Waals surface area contributed by atoms with E-state index in [0.29, 0.717) is 6.54 Å². The Balaban J connectivity index is 0.00000144. The third-order valence-electron chi connectivity index (χ3n) is 4.74. The topological polar surface area (TPSA) is 72.4 Å². The van der Waals surface area contributed by atoms with Crippen LogP contribution in [0.4, 0.5) is 0 Å². The molecule has 5 nitrogen and oxygen atoms in total. The number of aromatic nitrogens is 2. The number of hydrogen-bond acceptors (Lipinski definition) is 3. The predicted octanol–water partition coefficient (Wildman–Crippen LogP) is 3.01. The van der Waals surface area contributed by atoms with Crippen LogP contribution in [-0.2, 0) is 11.3 Å². The second-order valence-electron chi connectivity index (χ2n) is 6.68. The molecule has 1 amide bonds. The average Bonchev–Trinajstić information content (AvgIpc) is 2.89. The number of rotatable bonds is 3. The maximum absolute atomic E-state index is 12.4. The molecule has 0 bridgehead atoms. The molecule has 7 heteroatoms. The highest BCUT2D eigenvalue weighted by Crippen LogP contribution is 2.31. The lowest BCUT2D eigenvalue weighted by Gasteiger charge is -2.37. The fraction of sp³-hybridized carbons (Fsp3) is 0.529. The first-order valence-corrected chi connectivity index (χ1v) is 7.97. The molecule has 0 spiro atoms. The third-order valence-corrected chi connectivity index (χ3v) is 4.74. The first-order valence-electron chi connectivity index (χ1n) is 7.97. The molecule has 1 fully saturated rings. The highest BCUT2D eigenvalue weighted by molar-refractivity contribution is 5.85. The summed E-state index contributed by atoms with van der Waals surface area (Å²) in [4.78, 5) is 17.0. The lowest BCUT2D eigenvalue weighted by Crippen LogP contribution is -2.52. The Morgan fingerprint density at radius 1 is 1.46 bits per heavy atom. The Morgan fingerprint density at radius 2 is 2.21 bits per heavy atom. The van der Waals surface area contributed by atoms with Crippen molar-refractivity contribution in [3.8, 4) is 0 Å². The van der Waals surface area contributed by atoms with Crippen LogP contribution in [0.5, 0.6) is 0 Å². The summed E-state index contributed by atoms with van der Waals surface area (Å²) in [5, 5.41) is 3.01. The van der Waals surface area contributed by atoms with Gasteiger partial charge >= 0.3 is 0 Å². The number of amides is 1. The Hall–Kier alpha value is -1.30. The number of pyridine rings is 1. The lowest BCUT2D eigenvalue weighted by molar-refractivity contribution is -0.128. The summed E-state index contributed by atoms with van der Waals surface area (Å²) in [6, 6.07) is 4.03. The van der Waals surface area contributed by atoms with Crippen molar-refractivity contribution in [1.29, 1.82) is 0 Å². The summed E-state index contributed by atoms with van der Waals surface area (Å²) in [6.45, 7) is 4.48. The quantitative estimate of drug-likeness (QED) is 0.869. The molecule has 0 aromatic carbocycles. The van der Waals surface area contributed by atoms with Crippen molar-refractivity contribution in [3.63, 3.8) is 0 Å². The van der Waals surface area contributed by atoms with Crippen LogP contribution >= 0.6 is 24.8 Å². The minimum atomic E-state index is -0.391. The van der Waals surface area contributed by atoms with Crippen molar-refractivity contribution < 1.29 is 4.79 Å². The van der Waals surface area contributed by atoms with Crippen LogP contribution in [0.2, 0.25) is 0 Å². The maximum Gasteiger partial charge on any atom is 0.225 e. The van der Waals surface area contributed by atoms with E-state index in [-0.39, 0.29) is 36.6 Å². The van der Waals surface area contributed by atoms with Crippen molar-refractivity contribution in [3.05, 3.63) is 35.8 Å². The molecule has 0 aliphatic heterocycles. The monoisotopic (exact) mass is 372 g/mol. The number of fused-ring (bicyclic) bond motifs is 1. The standard InChI is InChI=1S/C17H24N4O.2ClH/c1-12-6-5-9-21-11-13(20-15(12)21)10-19-16(22)14-7-3-4-8-17(14,2)18;;/h5-6,9,11,14H,3-4,7-8,10,18H2,1-2H3,(H,19,22);2*1H. The molecular formula is C17H26Cl2N4O. The van der Waals surface area contributed by atoms with E-state index in [0.717, 1.165) is 42.6 Å². The fourth-order valence-electron chi connectivity index (χ4n) is 3.38. The van der Waals surface area contributed by atoms with E-state index in [1.807, 2.05) is 42.8 Å². The average molecular weight is 373 g/mol. The van der Waals surface area contributed by atoms with Gasteiger partial charge in [-0.25, -0.2) is 4.98 Å². The van der Waals surface area contributed by atoms with Gasteiger partial charge in [-0.1, -0.05) is 18.9 Å². The number of nitrogens with two attached hydrogens (primary N) is 1. The molecule has 1 aliphatic carbocycles. The minimum Gasteiger partial charge on any atom is -0.350 e. The van der Waals surface area contributed by atoms with Gasteiger partial charge in [-0.2, -0.15) is 0 Å². The Morgan fingerprint density at radius 3 is 2.88 bits per heavy atom. The SMILES string of the molecule is Cc1cccn2cc(CNC(=O)C3CCCCC3(C)N)nc12.Cl.Cl. The highest BCUT2D eigenvalue weighted by atomic mass is 35.5. The first-order chi connectivity index (χ1) is 10.5. The number of nitrogens with zero attached hydrogens (tertiary/aromatic N) is 2. The Labute approximate surface area is 155 Å². The van der Waals surface area contributed by atoms with E-state index in [9.17, 15) is 4.79 Å². The zero-order chi connectivity index (χ0) is 15.7. The molecule has 0 radical (unpaired) electrons. The van der Waals surface area contributed by atoms with Gasteiger partial charge in [0.2, 0.25) is 5.91 Å². The van der Waals surface area contributed by atoms with E-state index in [1.54, 1.807) is 0 Å². The van der Waals surface area contributed by atoms with E-state index in [1.165, 1.54) is 0 Å². The van der Waals surface area contributed by atoms with Gasteiger partial charge in [-0.15, -0.1) is 24.8 Å². The molecule has 134 valence electrons. The number of hydrogen-bond donors (Lipinski definition) is 2. The maximum atomic E-state index is 12.4. The number of halogens is 2. The summed E-state index contributed by atoms with van der Waals surface area (Å²) in [6.07, 6.45) is 7.92. The smallest absolute Gasteiger partial charge is 0.225 e. The number of nitrogens with one attached hydrogen (secondary N) is 1. The van der Waals surface area contributed by atoms with Gasteiger partial charge in [0.25, 0.3) is 0 Å². The van der Waals surface area contributed by atoms with Gasteiger partial charge in [-0.3, -0.25) is 4.79 Å². The number of carbonyl (C=O) groups is 1. The summed E-state index contributed by atoms with van der Waals surface area (Å²) in [5.41, 5.74) is 8.84. The summed E-state index contributed by atoms with van der Waals surface area (Å²) < 4.78 is 1.99. The van der Waals surface area contributed by atoms with E-state index < -0.39 is 5.54 Å². The molecule has 2 aromatic rings. The number of carbonyl (C=O) groups excluding carboxylic acids is 1. The van der Waals surface area contributed by atoms with Gasteiger partial charge in [0, 0.05) is 17.9 Å². The van der Waals surface area contributed by atoms with Gasteiger partial charge in [0.05, 0.1) is 18.2 Å².